The molecule has 0 bridgehead atoms. The molecule has 0 aliphatic rings. The fraction of sp³-hybridized carbons (Fsp3) is 0. The Hall–Kier alpha value is -1.56. The van der Waals surface area contributed by atoms with Gasteiger partial charge in [0.25, 0.3) is 0 Å². The molecule has 0 amide bonds. The van der Waals surface area contributed by atoms with E-state index in [0.717, 1.165) is 22.5 Å². The summed E-state index contributed by atoms with van der Waals surface area (Å²) in [5.41, 5.74) is 8.89. The minimum Gasteiger partial charge on any atom is -0.382 e. The number of anilines is 1. The quantitative estimate of drug-likeness (QED) is 0.749. The lowest BCUT2D eigenvalue weighted by Crippen LogP contribution is -1.90. The number of hydrogen-bond donors (Lipinski definition) is 2. The van der Waals surface area contributed by atoms with Gasteiger partial charge in [-0.05, 0) is 18.2 Å². The molecule has 3 rings (SSSR count). The highest BCUT2D eigenvalue weighted by Crippen LogP contribution is 2.42. The summed E-state index contributed by atoms with van der Waals surface area (Å²) in [6.07, 6.45) is 1.70. The van der Waals surface area contributed by atoms with E-state index in [1.807, 2.05) is 18.2 Å². The molecular formula is C12H8Cl2N4S. The number of nitrogens with two attached hydrogens (primary N) is 1. The number of rotatable bonds is 2. The fourth-order valence-corrected chi connectivity index (χ4v) is 3.31. The Balaban J connectivity index is 2.22. The predicted molar refractivity (Wildman–Crippen MR) is 79.6 cm³/mol. The molecule has 3 heterocycles. The first-order valence-electron chi connectivity index (χ1n) is 5.37. The van der Waals surface area contributed by atoms with Crippen LogP contribution in [0.25, 0.3) is 22.5 Å². The van der Waals surface area contributed by atoms with E-state index >= 15 is 0 Å². The first-order chi connectivity index (χ1) is 9.16. The highest BCUT2D eigenvalue weighted by atomic mass is 35.5. The Morgan fingerprint density at radius 2 is 2.11 bits per heavy atom. The van der Waals surface area contributed by atoms with Crippen molar-refractivity contribution in [1.82, 2.24) is 15.2 Å². The average molecular weight is 311 g/mol. The summed E-state index contributed by atoms with van der Waals surface area (Å²) in [6, 6.07) is 7.38. The molecule has 0 aromatic carbocycles. The van der Waals surface area contributed by atoms with Gasteiger partial charge >= 0.3 is 0 Å². The van der Waals surface area contributed by atoms with E-state index in [9.17, 15) is 0 Å². The Labute approximate surface area is 123 Å². The number of nitrogens with zero attached hydrogens (tertiary/aromatic N) is 2. The van der Waals surface area contributed by atoms with Crippen molar-refractivity contribution < 1.29 is 0 Å². The summed E-state index contributed by atoms with van der Waals surface area (Å²) in [5, 5.41) is 6.93. The predicted octanol–water partition coefficient (Wildman–Crippen LogP) is 4.09. The monoisotopic (exact) mass is 310 g/mol. The second kappa shape index (κ2) is 4.85. The summed E-state index contributed by atoms with van der Waals surface area (Å²) in [5.74, 6) is 0.382. The van der Waals surface area contributed by atoms with E-state index in [1.54, 1.807) is 12.3 Å². The highest BCUT2D eigenvalue weighted by Gasteiger charge is 2.19. The molecule has 7 heteroatoms. The molecule has 0 saturated heterocycles. The molecule has 0 saturated carbocycles. The lowest BCUT2D eigenvalue weighted by molar-refractivity contribution is 1.10. The average Bonchev–Trinajstić information content (AvgIpc) is 2.93. The molecule has 19 heavy (non-hydrogen) atoms. The van der Waals surface area contributed by atoms with Gasteiger partial charge in [0.05, 0.1) is 21.3 Å². The van der Waals surface area contributed by atoms with Crippen molar-refractivity contribution in [2.45, 2.75) is 0 Å². The minimum atomic E-state index is 0.382. The third-order valence-corrected chi connectivity index (χ3v) is 4.13. The standard InChI is InChI=1S/C12H8Cl2N4S/c13-8-5-6(11(14)19-8)10-9(12(15)18-17-10)7-3-1-2-4-16-7/h1-5H,(H3,15,17,18). The molecule has 0 atom stereocenters. The summed E-state index contributed by atoms with van der Waals surface area (Å²) in [6.45, 7) is 0. The van der Waals surface area contributed by atoms with Gasteiger partial charge in [0.15, 0.2) is 5.82 Å². The third kappa shape index (κ3) is 2.20. The first kappa shape index (κ1) is 12.5. The van der Waals surface area contributed by atoms with Gasteiger partial charge in [-0.25, -0.2) is 0 Å². The Bertz CT molecular complexity index is 721. The lowest BCUT2D eigenvalue weighted by Gasteiger charge is -2.02. The molecule has 0 spiro atoms. The zero-order valence-electron chi connectivity index (χ0n) is 9.52. The van der Waals surface area contributed by atoms with Gasteiger partial charge in [0.1, 0.15) is 4.34 Å². The topological polar surface area (TPSA) is 67.6 Å². The van der Waals surface area contributed by atoms with Crippen LogP contribution in [0.4, 0.5) is 5.82 Å². The van der Waals surface area contributed by atoms with Crippen molar-refractivity contribution in [1.29, 1.82) is 0 Å². The largest absolute Gasteiger partial charge is 0.382 e. The van der Waals surface area contributed by atoms with E-state index in [4.69, 9.17) is 28.9 Å². The van der Waals surface area contributed by atoms with Crippen LogP contribution >= 0.6 is 34.5 Å². The first-order valence-corrected chi connectivity index (χ1v) is 6.94. The van der Waals surface area contributed by atoms with E-state index in [0.29, 0.717) is 14.5 Å². The van der Waals surface area contributed by atoms with Crippen LogP contribution in [0.1, 0.15) is 0 Å². The molecule has 4 nitrogen and oxygen atoms in total. The maximum Gasteiger partial charge on any atom is 0.155 e. The van der Waals surface area contributed by atoms with Gasteiger partial charge in [-0.1, -0.05) is 29.3 Å². The Morgan fingerprint density at radius 3 is 2.74 bits per heavy atom. The van der Waals surface area contributed by atoms with E-state index < -0.39 is 0 Å². The Morgan fingerprint density at radius 1 is 1.26 bits per heavy atom. The summed E-state index contributed by atoms with van der Waals surface area (Å²) < 4.78 is 1.20. The molecular weight excluding hydrogens is 303 g/mol. The van der Waals surface area contributed by atoms with Gasteiger partial charge in [-0.15, -0.1) is 11.3 Å². The molecule has 3 aromatic heterocycles. The third-order valence-electron chi connectivity index (χ3n) is 2.64. The smallest absolute Gasteiger partial charge is 0.155 e. The van der Waals surface area contributed by atoms with Gasteiger partial charge in [0, 0.05) is 11.8 Å². The second-order valence-corrected chi connectivity index (χ2v) is 6.10. The molecule has 3 aromatic rings. The van der Waals surface area contributed by atoms with Gasteiger partial charge < -0.3 is 5.73 Å². The molecule has 0 aliphatic carbocycles. The molecule has 0 aliphatic heterocycles. The number of H-pyrrole nitrogens is 1. The molecule has 0 unspecified atom stereocenters. The number of aromatic amines is 1. The molecule has 0 radical (unpaired) electrons. The highest BCUT2D eigenvalue weighted by molar-refractivity contribution is 7.20. The summed E-state index contributed by atoms with van der Waals surface area (Å²) >= 11 is 13.4. The van der Waals surface area contributed by atoms with Crippen molar-refractivity contribution in [2.24, 2.45) is 0 Å². The van der Waals surface area contributed by atoms with Crippen LogP contribution in [-0.2, 0) is 0 Å². The number of nitrogens with one attached hydrogen (secondary N) is 1. The van der Waals surface area contributed by atoms with Crippen LogP contribution in [0.2, 0.25) is 8.67 Å². The molecule has 0 fully saturated rings. The van der Waals surface area contributed by atoms with Crippen LogP contribution in [0, 0.1) is 0 Å². The SMILES string of the molecule is Nc1n[nH]c(-c2cc(Cl)sc2Cl)c1-c1ccccn1. The molecule has 96 valence electrons. The van der Waals surface area contributed by atoms with E-state index in [1.165, 1.54) is 11.3 Å². The lowest BCUT2D eigenvalue weighted by atomic mass is 10.1. The van der Waals surface area contributed by atoms with Crippen LogP contribution in [0.3, 0.4) is 0 Å². The maximum absolute atomic E-state index is 6.17. The zero-order chi connectivity index (χ0) is 13.4. The number of aromatic nitrogens is 3. The van der Waals surface area contributed by atoms with Crippen molar-refractivity contribution in [2.75, 3.05) is 5.73 Å². The van der Waals surface area contributed by atoms with E-state index in [-0.39, 0.29) is 0 Å². The van der Waals surface area contributed by atoms with Gasteiger partial charge in [0.2, 0.25) is 0 Å². The van der Waals surface area contributed by atoms with E-state index in [2.05, 4.69) is 15.2 Å². The van der Waals surface area contributed by atoms with Gasteiger partial charge in [-0.3, -0.25) is 10.1 Å². The summed E-state index contributed by atoms with van der Waals surface area (Å²) in [7, 11) is 0. The number of pyridine rings is 1. The Kier molecular flexibility index (Phi) is 3.18. The fourth-order valence-electron chi connectivity index (χ4n) is 1.83. The van der Waals surface area contributed by atoms with Crippen molar-refractivity contribution >= 4 is 40.4 Å². The number of halogens is 2. The van der Waals surface area contributed by atoms with Gasteiger partial charge in [-0.2, -0.15) is 5.10 Å². The van der Waals surface area contributed by atoms with Crippen molar-refractivity contribution in [3.63, 3.8) is 0 Å². The summed E-state index contributed by atoms with van der Waals surface area (Å²) in [4.78, 5) is 4.29. The van der Waals surface area contributed by atoms with Crippen LogP contribution < -0.4 is 5.73 Å². The van der Waals surface area contributed by atoms with Crippen molar-refractivity contribution in [3.8, 4) is 22.5 Å². The van der Waals surface area contributed by atoms with Crippen LogP contribution in [0.15, 0.2) is 30.5 Å². The van der Waals surface area contributed by atoms with Crippen LogP contribution in [0.5, 0.6) is 0 Å². The number of nitrogen functional groups attached to an aromatic ring is 1. The maximum atomic E-state index is 6.17. The van der Waals surface area contributed by atoms with Crippen LogP contribution in [-0.4, -0.2) is 15.2 Å². The minimum absolute atomic E-state index is 0.382. The molecule has 3 N–H and O–H groups in total. The second-order valence-electron chi connectivity index (χ2n) is 3.81. The number of thiophene rings is 1. The van der Waals surface area contributed by atoms with Crippen molar-refractivity contribution in [3.05, 3.63) is 39.1 Å². The zero-order valence-corrected chi connectivity index (χ0v) is 11.9. The number of hydrogen-bond acceptors (Lipinski definition) is 4. The normalized spacial score (nSPS) is 10.8.